The minimum Gasteiger partial charge on any atom is -0.497 e. The largest absolute Gasteiger partial charge is 0.497 e. The van der Waals surface area contributed by atoms with E-state index >= 15 is 0 Å². The molecule has 0 aliphatic carbocycles. The van der Waals surface area contributed by atoms with Gasteiger partial charge in [-0.15, -0.1) is 0 Å². The summed E-state index contributed by atoms with van der Waals surface area (Å²) in [6, 6.07) is 11.8. The average molecular weight is 287 g/mol. The van der Waals surface area contributed by atoms with Crippen LogP contribution in [0.5, 0.6) is 5.75 Å². The number of aromatic nitrogens is 1. The van der Waals surface area contributed by atoms with Crippen LogP contribution in [-0.4, -0.2) is 17.2 Å². The van der Waals surface area contributed by atoms with Crippen molar-refractivity contribution in [3.05, 3.63) is 54.4 Å². The maximum absolute atomic E-state index is 5.29. The van der Waals surface area contributed by atoms with Gasteiger partial charge >= 0.3 is 0 Å². The fraction of sp³-hybridized carbons (Fsp3) is 0.200. The molecule has 20 heavy (non-hydrogen) atoms. The molecule has 5 heteroatoms. The number of methoxy groups -OCH3 is 1. The average Bonchev–Trinajstić information content (AvgIpc) is 2.48. The fourth-order valence-corrected chi connectivity index (χ4v) is 2.07. The Bertz CT molecular complexity index is 557. The van der Waals surface area contributed by atoms with Crippen molar-refractivity contribution >= 4 is 23.0 Å². The predicted molar refractivity (Wildman–Crippen MR) is 85.0 cm³/mol. The zero-order valence-electron chi connectivity index (χ0n) is 11.5. The SMILES string of the molecule is COc1ccc([C@H](C)NC(=S)Nc2ccncc2)cc1. The van der Waals surface area contributed by atoms with E-state index < -0.39 is 0 Å². The van der Waals surface area contributed by atoms with Gasteiger partial charge in [0.2, 0.25) is 0 Å². The van der Waals surface area contributed by atoms with Crippen molar-refractivity contribution in [2.75, 3.05) is 12.4 Å². The molecule has 1 aromatic heterocycles. The van der Waals surface area contributed by atoms with Gasteiger partial charge in [-0.2, -0.15) is 0 Å². The molecule has 1 atom stereocenters. The lowest BCUT2D eigenvalue weighted by molar-refractivity contribution is 0.414. The molecule has 0 saturated carbocycles. The third-order valence-corrected chi connectivity index (χ3v) is 3.12. The second-order valence-corrected chi connectivity index (χ2v) is 4.74. The number of hydrogen-bond donors (Lipinski definition) is 2. The lowest BCUT2D eigenvalue weighted by Gasteiger charge is -2.17. The number of thiocarbonyl (C=S) groups is 1. The third kappa shape index (κ3) is 3.93. The van der Waals surface area contributed by atoms with Gasteiger partial charge in [-0.05, 0) is 49.0 Å². The molecular formula is C15H17N3OS. The smallest absolute Gasteiger partial charge is 0.171 e. The Morgan fingerprint density at radius 3 is 2.40 bits per heavy atom. The highest BCUT2D eigenvalue weighted by Gasteiger charge is 2.07. The van der Waals surface area contributed by atoms with E-state index in [0.29, 0.717) is 5.11 Å². The van der Waals surface area contributed by atoms with Gasteiger partial charge in [-0.3, -0.25) is 4.98 Å². The Morgan fingerprint density at radius 1 is 1.15 bits per heavy atom. The van der Waals surface area contributed by atoms with Crippen LogP contribution >= 0.6 is 12.2 Å². The van der Waals surface area contributed by atoms with Gasteiger partial charge < -0.3 is 15.4 Å². The third-order valence-electron chi connectivity index (χ3n) is 2.90. The van der Waals surface area contributed by atoms with Crippen LogP contribution in [0.4, 0.5) is 5.69 Å². The number of rotatable bonds is 4. The summed E-state index contributed by atoms with van der Waals surface area (Å²) in [6.45, 7) is 2.06. The minimum atomic E-state index is 0.114. The van der Waals surface area contributed by atoms with E-state index in [1.54, 1.807) is 19.5 Å². The zero-order valence-corrected chi connectivity index (χ0v) is 12.3. The Kier molecular flexibility index (Phi) is 4.90. The van der Waals surface area contributed by atoms with Crippen molar-refractivity contribution in [2.45, 2.75) is 13.0 Å². The summed E-state index contributed by atoms with van der Waals surface area (Å²) in [7, 11) is 1.66. The molecule has 0 fully saturated rings. The van der Waals surface area contributed by atoms with Gasteiger partial charge in [0, 0.05) is 18.1 Å². The van der Waals surface area contributed by atoms with Crippen LogP contribution in [0.1, 0.15) is 18.5 Å². The van der Waals surface area contributed by atoms with Crippen molar-refractivity contribution in [1.29, 1.82) is 0 Å². The van der Waals surface area contributed by atoms with Gasteiger partial charge in [0.05, 0.1) is 13.2 Å². The Balaban J connectivity index is 1.93. The normalized spacial score (nSPS) is 11.5. The van der Waals surface area contributed by atoms with Crippen LogP contribution in [0, 0.1) is 0 Å². The van der Waals surface area contributed by atoms with E-state index in [-0.39, 0.29) is 6.04 Å². The van der Waals surface area contributed by atoms with Gasteiger partial charge in [0.25, 0.3) is 0 Å². The van der Waals surface area contributed by atoms with Crippen molar-refractivity contribution in [3.63, 3.8) is 0 Å². The molecule has 0 aliphatic heterocycles. The molecule has 1 aromatic carbocycles. The van der Waals surface area contributed by atoms with E-state index in [0.717, 1.165) is 17.0 Å². The first-order valence-corrected chi connectivity index (χ1v) is 6.71. The molecule has 2 N–H and O–H groups in total. The maximum atomic E-state index is 5.29. The number of nitrogens with one attached hydrogen (secondary N) is 2. The molecule has 0 unspecified atom stereocenters. The minimum absolute atomic E-state index is 0.114. The molecule has 0 radical (unpaired) electrons. The van der Waals surface area contributed by atoms with Gasteiger partial charge in [-0.25, -0.2) is 0 Å². The molecule has 2 aromatic rings. The Morgan fingerprint density at radius 2 is 1.80 bits per heavy atom. The van der Waals surface area contributed by atoms with Crippen LogP contribution in [0.15, 0.2) is 48.8 Å². The van der Waals surface area contributed by atoms with Crippen molar-refractivity contribution in [3.8, 4) is 5.75 Å². The first-order chi connectivity index (χ1) is 9.69. The second-order valence-electron chi connectivity index (χ2n) is 4.33. The Labute approximate surface area is 124 Å². The van der Waals surface area contributed by atoms with E-state index in [1.807, 2.05) is 36.4 Å². The summed E-state index contributed by atoms with van der Waals surface area (Å²) in [6.07, 6.45) is 3.44. The Hall–Kier alpha value is -2.14. The van der Waals surface area contributed by atoms with Crippen molar-refractivity contribution in [2.24, 2.45) is 0 Å². The highest BCUT2D eigenvalue weighted by atomic mass is 32.1. The van der Waals surface area contributed by atoms with Crippen LogP contribution in [0.25, 0.3) is 0 Å². The molecule has 0 amide bonds. The summed E-state index contributed by atoms with van der Waals surface area (Å²) >= 11 is 5.29. The molecule has 0 bridgehead atoms. The molecule has 0 saturated heterocycles. The monoisotopic (exact) mass is 287 g/mol. The number of pyridine rings is 1. The fourth-order valence-electron chi connectivity index (χ4n) is 1.77. The number of ether oxygens (including phenoxy) is 1. The van der Waals surface area contributed by atoms with Gasteiger partial charge in [0.1, 0.15) is 5.75 Å². The lowest BCUT2D eigenvalue weighted by atomic mass is 10.1. The van der Waals surface area contributed by atoms with Crippen LogP contribution < -0.4 is 15.4 Å². The first-order valence-electron chi connectivity index (χ1n) is 6.30. The molecule has 0 aliphatic rings. The van der Waals surface area contributed by atoms with Crippen LogP contribution in [-0.2, 0) is 0 Å². The highest BCUT2D eigenvalue weighted by molar-refractivity contribution is 7.80. The molecule has 1 heterocycles. The second kappa shape index (κ2) is 6.86. The first kappa shape index (κ1) is 14.3. The van der Waals surface area contributed by atoms with Gasteiger partial charge in [0.15, 0.2) is 5.11 Å². The molecular weight excluding hydrogens is 270 g/mol. The summed E-state index contributed by atoms with van der Waals surface area (Å²) < 4.78 is 5.14. The standard InChI is InChI=1S/C15H17N3OS/c1-11(12-3-5-14(19-2)6-4-12)17-15(20)18-13-7-9-16-10-8-13/h3-11H,1-2H3,(H2,16,17,18,20)/t11-/m0/s1. The van der Waals surface area contributed by atoms with Crippen molar-refractivity contribution in [1.82, 2.24) is 10.3 Å². The number of anilines is 1. The number of hydrogen-bond acceptors (Lipinski definition) is 3. The predicted octanol–water partition coefficient (Wildman–Crippen LogP) is 3.14. The summed E-state index contributed by atoms with van der Waals surface area (Å²) in [5.74, 6) is 0.846. The maximum Gasteiger partial charge on any atom is 0.171 e. The van der Waals surface area contributed by atoms with E-state index in [4.69, 9.17) is 17.0 Å². The molecule has 4 nitrogen and oxygen atoms in total. The quantitative estimate of drug-likeness (QED) is 0.846. The summed E-state index contributed by atoms with van der Waals surface area (Å²) in [5, 5.41) is 6.94. The van der Waals surface area contributed by atoms with Crippen LogP contribution in [0.3, 0.4) is 0 Å². The zero-order chi connectivity index (χ0) is 14.4. The molecule has 2 rings (SSSR count). The lowest BCUT2D eigenvalue weighted by Crippen LogP contribution is -2.30. The molecule has 0 spiro atoms. The van der Waals surface area contributed by atoms with Gasteiger partial charge in [-0.1, -0.05) is 12.1 Å². The number of nitrogens with zero attached hydrogens (tertiary/aromatic N) is 1. The van der Waals surface area contributed by atoms with E-state index in [9.17, 15) is 0 Å². The van der Waals surface area contributed by atoms with Crippen molar-refractivity contribution < 1.29 is 4.74 Å². The number of benzene rings is 1. The summed E-state index contributed by atoms with van der Waals surface area (Å²) in [5.41, 5.74) is 2.06. The van der Waals surface area contributed by atoms with E-state index in [1.165, 1.54) is 0 Å². The summed E-state index contributed by atoms with van der Waals surface area (Å²) in [4.78, 5) is 3.96. The molecule has 104 valence electrons. The topological polar surface area (TPSA) is 46.2 Å². The van der Waals surface area contributed by atoms with Crippen LogP contribution in [0.2, 0.25) is 0 Å². The highest BCUT2D eigenvalue weighted by Crippen LogP contribution is 2.17. The van der Waals surface area contributed by atoms with E-state index in [2.05, 4.69) is 22.5 Å².